The van der Waals surface area contributed by atoms with E-state index < -0.39 is 6.43 Å². The van der Waals surface area contributed by atoms with Gasteiger partial charge >= 0.3 is 0 Å². The van der Waals surface area contributed by atoms with Crippen molar-refractivity contribution >= 4 is 11.6 Å². The molecule has 0 unspecified atom stereocenters. The highest BCUT2D eigenvalue weighted by Crippen LogP contribution is 2.23. The van der Waals surface area contributed by atoms with Crippen molar-refractivity contribution in [3.05, 3.63) is 46.7 Å². The molecule has 0 bridgehead atoms. The average Bonchev–Trinajstić information content (AvgIpc) is 3.23. The number of rotatable bonds is 4. The summed E-state index contributed by atoms with van der Waals surface area (Å²) in [5.41, 5.74) is 2.79. The zero-order chi connectivity index (χ0) is 20.7. The van der Waals surface area contributed by atoms with Crippen LogP contribution in [0.25, 0.3) is 5.65 Å². The van der Waals surface area contributed by atoms with Gasteiger partial charge in [0.2, 0.25) is 0 Å². The van der Waals surface area contributed by atoms with E-state index in [0.717, 1.165) is 29.8 Å². The van der Waals surface area contributed by atoms with E-state index in [9.17, 15) is 13.6 Å². The second-order valence-electron chi connectivity index (χ2n) is 7.40. The van der Waals surface area contributed by atoms with Crippen LogP contribution in [0.1, 0.15) is 39.4 Å². The van der Waals surface area contributed by atoms with E-state index >= 15 is 0 Å². The van der Waals surface area contributed by atoms with Crippen LogP contribution in [0, 0.1) is 13.8 Å². The van der Waals surface area contributed by atoms with Gasteiger partial charge < -0.3 is 4.90 Å². The van der Waals surface area contributed by atoms with Crippen LogP contribution in [-0.4, -0.2) is 66.3 Å². The third-order valence-corrected chi connectivity index (χ3v) is 5.25. The summed E-state index contributed by atoms with van der Waals surface area (Å²) >= 11 is 0. The first-order chi connectivity index (χ1) is 13.8. The number of piperazine rings is 1. The van der Waals surface area contributed by atoms with Crippen molar-refractivity contribution in [1.29, 1.82) is 0 Å². The first-order valence-corrected chi connectivity index (χ1v) is 9.47. The second kappa shape index (κ2) is 7.51. The predicted molar refractivity (Wildman–Crippen MR) is 102 cm³/mol. The first-order valence-electron chi connectivity index (χ1n) is 9.47. The Morgan fingerprint density at radius 2 is 1.93 bits per heavy atom. The molecule has 0 N–H and O–H groups in total. The Morgan fingerprint density at radius 3 is 2.55 bits per heavy atom. The molecule has 3 aromatic rings. The Kier molecular flexibility index (Phi) is 5.03. The third-order valence-electron chi connectivity index (χ3n) is 5.25. The van der Waals surface area contributed by atoms with Crippen molar-refractivity contribution in [2.24, 2.45) is 7.05 Å². The highest BCUT2D eigenvalue weighted by molar-refractivity contribution is 5.99. The zero-order valence-corrected chi connectivity index (χ0v) is 16.6. The summed E-state index contributed by atoms with van der Waals surface area (Å²) in [6, 6.07) is 1.29. The maximum Gasteiger partial charge on any atom is 0.280 e. The van der Waals surface area contributed by atoms with E-state index in [1.54, 1.807) is 16.5 Å². The van der Waals surface area contributed by atoms with Crippen molar-refractivity contribution in [3.63, 3.8) is 0 Å². The number of carbonyl (C=O) groups excluding carboxylic acids is 1. The molecule has 3 aromatic heterocycles. The first kappa shape index (κ1) is 19.4. The van der Waals surface area contributed by atoms with Crippen LogP contribution in [0.5, 0.6) is 0 Å². The zero-order valence-electron chi connectivity index (χ0n) is 16.6. The molecule has 0 radical (unpaired) electrons. The monoisotopic (exact) mass is 403 g/mol. The molecule has 4 rings (SSSR count). The SMILES string of the molecule is Cc1cc(C(F)F)n2ncc(C(=O)N3CCN(Cc4cn(C)nc4C)CC3)c2n1. The van der Waals surface area contributed by atoms with Crippen LogP contribution in [-0.2, 0) is 13.6 Å². The minimum absolute atomic E-state index is 0.179. The van der Waals surface area contributed by atoms with Gasteiger partial charge in [-0.3, -0.25) is 14.4 Å². The highest BCUT2D eigenvalue weighted by Gasteiger charge is 2.27. The fourth-order valence-corrected chi connectivity index (χ4v) is 3.74. The highest BCUT2D eigenvalue weighted by atomic mass is 19.3. The molecule has 0 spiro atoms. The van der Waals surface area contributed by atoms with Crippen molar-refractivity contribution in [2.45, 2.75) is 26.8 Å². The summed E-state index contributed by atoms with van der Waals surface area (Å²) < 4.78 is 29.5. The number of hydrogen-bond donors (Lipinski definition) is 0. The number of nitrogens with zero attached hydrogens (tertiary/aromatic N) is 7. The number of aromatic nitrogens is 5. The normalized spacial score (nSPS) is 15.6. The van der Waals surface area contributed by atoms with Gasteiger partial charge in [0.1, 0.15) is 11.3 Å². The summed E-state index contributed by atoms with van der Waals surface area (Å²) in [7, 11) is 1.90. The lowest BCUT2D eigenvalue weighted by atomic mass is 10.2. The number of fused-ring (bicyclic) bond motifs is 1. The maximum atomic E-state index is 13.3. The molecule has 1 amide bonds. The van der Waals surface area contributed by atoms with Crippen LogP contribution in [0.3, 0.4) is 0 Å². The lowest BCUT2D eigenvalue weighted by molar-refractivity contribution is 0.0629. The molecule has 0 atom stereocenters. The molecule has 0 aromatic carbocycles. The van der Waals surface area contributed by atoms with Crippen molar-refractivity contribution < 1.29 is 13.6 Å². The van der Waals surface area contributed by atoms with E-state index in [0.29, 0.717) is 18.8 Å². The summed E-state index contributed by atoms with van der Waals surface area (Å²) in [6.45, 7) is 6.99. The molecule has 154 valence electrons. The number of aryl methyl sites for hydroxylation is 3. The number of carbonyl (C=O) groups is 1. The second-order valence-corrected chi connectivity index (χ2v) is 7.40. The van der Waals surface area contributed by atoms with Crippen LogP contribution in [0.4, 0.5) is 8.78 Å². The van der Waals surface area contributed by atoms with Gasteiger partial charge in [-0.1, -0.05) is 0 Å². The van der Waals surface area contributed by atoms with Crippen LogP contribution >= 0.6 is 0 Å². The fourth-order valence-electron chi connectivity index (χ4n) is 3.74. The molecular weight excluding hydrogens is 380 g/mol. The van der Waals surface area contributed by atoms with Crippen LogP contribution < -0.4 is 0 Å². The molecule has 0 saturated carbocycles. The van der Waals surface area contributed by atoms with Crippen molar-refractivity contribution in [2.75, 3.05) is 26.2 Å². The molecule has 29 heavy (non-hydrogen) atoms. The lowest BCUT2D eigenvalue weighted by Crippen LogP contribution is -2.48. The Balaban J connectivity index is 1.48. The standard InChI is InChI=1S/C19H23F2N7O/c1-12-8-16(17(20)21)28-18(23-12)15(9-22-28)19(29)27-6-4-26(5-7-27)11-14-10-25(3)24-13(14)2/h8-10,17H,4-7,11H2,1-3H3. The maximum absolute atomic E-state index is 13.3. The number of amides is 1. The van der Waals surface area contributed by atoms with Gasteiger partial charge in [-0.25, -0.2) is 18.3 Å². The third kappa shape index (κ3) is 3.71. The predicted octanol–water partition coefficient (Wildman–Crippen LogP) is 1.98. The Hall–Kier alpha value is -2.88. The fraction of sp³-hybridized carbons (Fsp3) is 0.474. The van der Waals surface area contributed by atoms with E-state index in [1.165, 1.54) is 17.8 Å². The number of halogens is 2. The van der Waals surface area contributed by atoms with Crippen molar-refractivity contribution in [3.8, 4) is 0 Å². The largest absolute Gasteiger partial charge is 0.336 e. The van der Waals surface area contributed by atoms with Gasteiger partial charge in [0.25, 0.3) is 12.3 Å². The van der Waals surface area contributed by atoms with Crippen LogP contribution in [0.2, 0.25) is 0 Å². The average molecular weight is 403 g/mol. The molecule has 0 aliphatic carbocycles. The Bertz CT molecular complexity index is 1050. The van der Waals surface area contributed by atoms with Gasteiger partial charge in [0.05, 0.1) is 11.9 Å². The van der Waals surface area contributed by atoms with E-state index in [-0.39, 0.29) is 22.8 Å². The number of alkyl halides is 2. The smallest absolute Gasteiger partial charge is 0.280 e. The Morgan fingerprint density at radius 1 is 1.21 bits per heavy atom. The van der Waals surface area contributed by atoms with E-state index in [2.05, 4.69) is 20.1 Å². The van der Waals surface area contributed by atoms with Gasteiger partial charge in [-0.15, -0.1) is 0 Å². The Labute approximate surface area is 166 Å². The summed E-state index contributed by atoms with van der Waals surface area (Å²) in [5.74, 6) is -0.226. The van der Waals surface area contributed by atoms with E-state index in [1.807, 2.05) is 20.2 Å². The minimum atomic E-state index is -2.69. The summed E-state index contributed by atoms with van der Waals surface area (Å²) in [5, 5.41) is 8.35. The van der Waals surface area contributed by atoms with Crippen molar-refractivity contribution in [1.82, 2.24) is 34.2 Å². The lowest BCUT2D eigenvalue weighted by Gasteiger charge is -2.34. The van der Waals surface area contributed by atoms with E-state index in [4.69, 9.17) is 0 Å². The number of hydrogen-bond acceptors (Lipinski definition) is 5. The van der Waals surface area contributed by atoms with Crippen LogP contribution in [0.15, 0.2) is 18.5 Å². The van der Waals surface area contributed by atoms with Gasteiger partial charge in [-0.05, 0) is 19.9 Å². The summed E-state index contributed by atoms with van der Waals surface area (Å²) in [4.78, 5) is 21.3. The topological polar surface area (TPSA) is 71.6 Å². The quantitative estimate of drug-likeness (QED) is 0.666. The van der Waals surface area contributed by atoms with Gasteiger partial charge in [0, 0.05) is 57.2 Å². The molecule has 1 saturated heterocycles. The molecule has 4 heterocycles. The summed E-state index contributed by atoms with van der Waals surface area (Å²) in [6.07, 6.45) is 0.656. The van der Waals surface area contributed by atoms with Gasteiger partial charge in [0.15, 0.2) is 5.65 Å². The molecule has 1 aliphatic rings. The molecule has 1 fully saturated rings. The molecule has 10 heteroatoms. The van der Waals surface area contributed by atoms with Gasteiger partial charge in [-0.2, -0.15) is 10.2 Å². The molecule has 1 aliphatic heterocycles. The minimum Gasteiger partial charge on any atom is -0.336 e. The molecule has 8 nitrogen and oxygen atoms in total. The molecular formula is C19H23F2N7O.